The largest absolute Gasteiger partial charge is 0.315 e. The highest BCUT2D eigenvalue weighted by atomic mass is 35.5. The van der Waals surface area contributed by atoms with Crippen LogP contribution in [0.25, 0.3) is 0 Å². The molecule has 2 fully saturated rings. The van der Waals surface area contributed by atoms with Crippen molar-refractivity contribution in [1.82, 2.24) is 9.62 Å². The van der Waals surface area contributed by atoms with Gasteiger partial charge in [-0.15, -0.1) is 12.4 Å². The molecule has 3 rings (SSSR count). The van der Waals surface area contributed by atoms with Gasteiger partial charge in [0.25, 0.3) is 0 Å². The summed E-state index contributed by atoms with van der Waals surface area (Å²) in [6.45, 7) is 3.52. The molecule has 4 nitrogen and oxygen atoms in total. The molecule has 0 radical (unpaired) electrons. The summed E-state index contributed by atoms with van der Waals surface area (Å²) in [5.41, 5.74) is 0.967. The van der Waals surface area contributed by atoms with E-state index in [1.807, 2.05) is 6.92 Å². The van der Waals surface area contributed by atoms with Gasteiger partial charge in [-0.2, -0.15) is 4.31 Å². The van der Waals surface area contributed by atoms with Crippen LogP contribution in [0, 0.1) is 6.92 Å². The monoisotopic (exact) mass is 350 g/mol. The van der Waals surface area contributed by atoms with E-state index in [0.717, 1.165) is 37.9 Å². The summed E-state index contributed by atoms with van der Waals surface area (Å²) in [5.74, 6) is 0. The van der Waals surface area contributed by atoms with Crippen LogP contribution in [0.4, 0.5) is 0 Å². The zero-order chi connectivity index (χ0) is 14.3. The minimum atomic E-state index is -3.51. The zero-order valence-corrected chi connectivity index (χ0v) is 14.3. The molecular formula is C14H20Cl2N2O2S. The lowest BCUT2D eigenvalue weighted by molar-refractivity contribution is 0.334. The van der Waals surface area contributed by atoms with Crippen molar-refractivity contribution in [2.45, 2.75) is 43.2 Å². The highest BCUT2D eigenvalue weighted by molar-refractivity contribution is 7.89. The first kappa shape index (κ1) is 17.0. The first-order valence-corrected chi connectivity index (χ1v) is 8.82. The Hall–Kier alpha value is -0.330. The van der Waals surface area contributed by atoms with Crippen LogP contribution in [0.1, 0.15) is 24.8 Å². The summed E-state index contributed by atoms with van der Waals surface area (Å²) in [7, 11) is -3.51. The van der Waals surface area contributed by atoms with Crippen molar-refractivity contribution in [3.8, 4) is 0 Å². The van der Waals surface area contributed by atoms with Crippen LogP contribution in [0.3, 0.4) is 0 Å². The number of benzene rings is 1. The Bertz CT molecular complexity index is 607. The van der Waals surface area contributed by atoms with Crippen LogP contribution in [-0.2, 0) is 10.0 Å². The molecule has 0 saturated carbocycles. The van der Waals surface area contributed by atoms with E-state index >= 15 is 0 Å². The van der Waals surface area contributed by atoms with E-state index in [4.69, 9.17) is 11.6 Å². The quantitative estimate of drug-likeness (QED) is 0.891. The summed E-state index contributed by atoms with van der Waals surface area (Å²) < 4.78 is 27.6. The molecule has 2 aliphatic rings. The number of fused-ring (bicyclic) bond motifs is 2. The fraction of sp³-hybridized carbons (Fsp3) is 0.571. The zero-order valence-electron chi connectivity index (χ0n) is 11.9. The first-order valence-electron chi connectivity index (χ1n) is 7.00. The minimum absolute atomic E-state index is 0. The van der Waals surface area contributed by atoms with E-state index in [-0.39, 0.29) is 29.4 Å². The molecule has 2 heterocycles. The maximum Gasteiger partial charge on any atom is 0.245 e. The van der Waals surface area contributed by atoms with Crippen LogP contribution < -0.4 is 5.32 Å². The molecule has 2 bridgehead atoms. The third kappa shape index (κ3) is 3.08. The summed E-state index contributed by atoms with van der Waals surface area (Å²) in [6.07, 6.45) is 2.76. The minimum Gasteiger partial charge on any atom is -0.315 e. The number of nitrogens with one attached hydrogen (secondary N) is 1. The van der Waals surface area contributed by atoms with Gasteiger partial charge in [0.15, 0.2) is 0 Å². The third-order valence-electron chi connectivity index (χ3n) is 4.23. The average molecular weight is 351 g/mol. The Labute approximate surface area is 137 Å². The molecule has 2 saturated heterocycles. The van der Waals surface area contributed by atoms with Gasteiger partial charge in [-0.1, -0.05) is 17.7 Å². The predicted octanol–water partition coefficient (Wildman–Crippen LogP) is 2.59. The van der Waals surface area contributed by atoms with Crippen molar-refractivity contribution in [2.24, 2.45) is 0 Å². The van der Waals surface area contributed by atoms with Gasteiger partial charge >= 0.3 is 0 Å². The second-order valence-corrected chi connectivity index (χ2v) is 7.87. The topological polar surface area (TPSA) is 49.4 Å². The van der Waals surface area contributed by atoms with E-state index in [1.54, 1.807) is 22.5 Å². The van der Waals surface area contributed by atoms with Gasteiger partial charge in [0, 0.05) is 18.6 Å². The lowest BCUT2D eigenvalue weighted by Gasteiger charge is -2.27. The molecule has 1 N–H and O–H groups in total. The first-order chi connectivity index (χ1) is 9.50. The van der Waals surface area contributed by atoms with Crippen molar-refractivity contribution in [3.63, 3.8) is 0 Å². The highest BCUT2D eigenvalue weighted by Gasteiger charge is 2.43. The molecule has 1 aromatic carbocycles. The lowest BCUT2D eigenvalue weighted by Crippen LogP contribution is -2.42. The standard InChI is InChI=1S/C14H19ClN2O2S.ClH/c1-10-2-5-14(13(15)8-10)20(18,19)17-11-3-4-12(17)9-16-7-6-11;/h2,5,8,11-12,16H,3-4,6-7,9H2,1H3;1H. The molecule has 7 heteroatoms. The number of halogens is 2. The summed E-state index contributed by atoms with van der Waals surface area (Å²) in [4.78, 5) is 0.239. The van der Waals surface area contributed by atoms with E-state index in [2.05, 4.69) is 5.32 Å². The smallest absolute Gasteiger partial charge is 0.245 e. The van der Waals surface area contributed by atoms with E-state index in [1.165, 1.54) is 0 Å². The number of nitrogens with zero attached hydrogens (tertiary/aromatic N) is 1. The molecule has 118 valence electrons. The second kappa shape index (κ2) is 6.42. The molecule has 0 amide bonds. The van der Waals surface area contributed by atoms with Gasteiger partial charge in [-0.25, -0.2) is 8.42 Å². The van der Waals surface area contributed by atoms with Gasteiger partial charge in [0.2, 0.25) is 10.0 Å². The molecule has 1 aromatic rings. The Morgan fingerprint density at radius 1 is 1.24 bits per heavy atom. The van der Waals surface area contributed by atoms with E-state index in [0.29, 0.717) is 5.02 Å². The number of hydrogen-bond donors (Lipinski definition) is 1. The normalized spacial score (nSPS) is 26.2. The fourth-order valence-corrected chi connectivity index (χ4v) is 5.74. The van der Waals surface area contributed by atoms with E-state index < -0.39 is 10.0 Å². The van der Waals surface area contributed by atoms with Gasteiger partial charge in [0.1, 0.15) is 4.90 Å². The Morgan fingerprint density at radius 3 is 2.67 bits per heavy atom. The average Bonchev–Trinajstić information content (AvgIpc) is 2.63. The van der Waals surface area contributed by atoms with Gasteiger partial charge in [-0.3, -0.25) is 0 Å². The van der Waals surface area contributed by atoms with Crippen LogP contribution in [-0.4, -0.2) is 37.9 Å². The van der Waals surface area contributed by atoms with Crippen molar-refractivity contribution >= 4 is 34.0 Å². The summed E-state index contributed by atoms with van der Waals surface area (Å²) >= 11 is 6.17. The van der Waals surface area contributed by atoms with Gasteiger partial charge in [-0.05, 0) is 50.4 Å². The highest BCUT2D eigenvalue weighted by Crippen LogP contribution is 2.35. The molecule has 0 aliphatic carbocycles. The SMILES string of the molecule is Cc1ccc(S(=O)(=O)N2C3CCNCC2CC3)c(Cl)c1.Cl. The van der Waals surface area contributed by atoms with Crippen molar-refractivity contribution in [3.05, 3.63) is 28.8 Å². The van der Waals surface area contributed by atoms with Crippen LogP contribution in [0.5, 0.6) is 0 Å². The Balaban J connectivity index is 0.00000161. The number of sulfonamides is 1. The molecule has 0 aromatic heterocycles. The van der Waals surface area contributed by atoms with Crippen LogP contribution in [0.15, 0.2) is 23.1 Å². The fourth-order valence-electron chi connectivity index (χ4n) is 3.26. The van der Waals surface area contributed by atoms with Crippen molar-refractivity contribution in [1.29, 1.82) is 0 Å². The maximum atomic E-state index is 12.9. The number of hydrogen-bond acceptors (Lipinski definition) is 3. The Morgan fingerprint density at radius 2 is 1.95 bits per heavy atom. The van der Waals surface area contributed by atoms with E-state index in [9.17, 15) is 8.42 Å². The van der Waals surface area contributed by atoms with Crippen LogP contribution >= 0.6 is 24.0 Å². The van der Waals surface area contributed by atoms with Crippen LogP contribution in [0.2, 0.25) is 5.02 Å². The van der Waals surface area contributed by atoms with Gasteiger partial charge in [0.05, 0.1) is 5.02 Å². The molecular weight excluding hydrogens is 331 g/mol. The Kier molecular flexibility index (Phi) is 5.21. The lowest BCUT2D eigenvalue weighted by atomic mass is 10.1. The number of rotatable bonds is 2. The maximum absolute atomic E-state index is 12.9. The molecule has 2 atom stereocenters. The predicted molar refractivity (Wildman–Crippen MR) is 86.8 cm³/mol. The molecule has 2 unspecified atom stereocenters. The van der Waals surface area contributed by atoms with Crippen molar-refractivity contribution in [2.75, 3.05) is 13.1 Å². The molecule has 0 spiro atoms. The second-order valence-electron chi connectivity index (χ2n) is 5.65. The van der Waals surface area contributed by atoms with Gasteiger partial charge < -0.3 is 5.32 Å². The molecule has 21 heavy (non-hydrogen) atoms. The summed E-state index contributed by atoms with van der Waals surface area (Å²) in [5, 5.41) is 3.64. The number of aryl methyl sites for hydroxylation is 1. The molecule has 2 aliphatic heterocycles. The third-order valence-corrected chi connectivity index (χ3v) is 6.72. The summed E-state index contributed by atoms with van der Waals surface area (Å²) in [6, 6.07) is 5.32. The van der Waals surface area contributed by atoms with Crippen molar-refractivity contribution < 1.29 is 8.42 Å².